The van der Waals surface area contributed by atoms with Crippen molar-refractivity contribution in [1.29, 1.82) is 0 Å². The lowest BCUT2D eigenvalue weighted by Crippen LogP contribution is -2.45. The molecule has 1 unspecified atom stereocenters. The van der Waals surface area contributed by atoms with E-state index in [1.807, 2.05) is 19.1 Å². The molecule has 0 N–H and O–H groups in total. The lowest BCUT2D eigenvalue weighted by Gasteiger charge is -2.39. The van der Waals surface area contributed by atoms with Gasteiger partial charge in [0.15, 0.2) is 5.78 Å². The molecule has 2 heterocycles. The minimum Gasteiger partial charge on any atom is -0.543 e. The monoisotopic (exact) mass is 592 g/mol. The Balaban J connectivity index is 2.23. The fraction of sp³-hybridized carbons (Fsp3) is 0.600. The van der Waals surface area contributed by atoms with Crippen LogP contribution in [0.15, 0.2) is 30.4 Å². The second kappa shape index (κ2) is 11.2. The average molecular weight is 593 g/mol. The summed E-state index contributed by atoms with van der Waals surface area (Å²) in [4.78, 5) is 26.9. The molecule has 3 rings (SSSR count). The van der Waals surface area contributed by atoms with E-state index in [2.05, 4.69) is 67.7 Å². The molecule has 1 saturated heterocycles. The van der Waals surface area contributed by atoms with Crippen LogP contribution in [0.3, 0.4) is 0 Å². The topological polar surface area (TPSA) is 74.4 Å². The fourth-order valence-corrected chi connectivity index (χ4v) is 6.12. The van der Waals surface area contributed by atoms with Gasteiger partial charge in [-0.2, -0.15) is 0 Å². The summed E-state index contributed by atoms with van der Waals surface area (Å²) in [5.74, 6) is 0.0325. The van der Waals surface area contributed by atoms with Crippen LogP contribution in [0, 0.1) is 0 Å². The first-order valence-electron chi connectivity index (χ1n) is 13.7. The van der Waals surface area contributed by atoms with Gasteiger partial charge in [-0.05, 0) is 49.3 Å². The lowest BCUT2D eigenvalue weighted by molar-refractivity contribution is -0.114. The molecule has 0 aliphatic carbocycles. The zero-order chi connectivity index (χ0) is 29.6. The molecule has 1 aromatic carbocycles. The van der Waals surface area contributed by atoms with Gasteiger partial charge in [0.25, 0.3) is 16.6 Å². The van der Waals surface area contributed by atoms with Crippen LogP contribution in [-0.2, 0) is 20.7 Å². The molecule has 3 atom stereocenters. The predicted molar refractivity (Wildman–Crippen MR) is 162 cm³/mol. The van der Waals surface area contributed by atoms with Gasteiger partial charge in [0.05, 0.1) is 11.1 Å². The van der Waals surface area contributed by atoms with Crippen LogP contribution in [0.2, 0.25) is 41.3 Å². The van der Waals surface area contributed by atoms with Crippen LogP contribution in [0.25, 0.3) is 0 Å². The number of halogens is 1. The van der Waals surface area contributed by atoms with Crippen molar-refractivity contribution >= 4 is 40.0 Å². The minimum atomic E-state index is -2.42. The Hall–Kier alpha value is -1.88. The number of fused-ring (bicyclic) bond motifs is 2. The Bertz CT molecular complexity index is 1170. The first kappa shape index (κ1) is 31.6. The van der Waals surface area contributed by atoms with E-state index in [0.717, 1.165) is 0 Å². The maximum atomic E-state index is 13.8. The molecule has 2 aliphatic rings. The number of hydrogen-bond acceptors (Lipinski definition) is 6. The maximum Gasteiger partial charge on any atom is 0.342 e. The molecule has 39 heavy (non-hydrogen) atoms. The molecule has 0 radical (unpaired) electrons. The molecule has 0 aromatic heterocycles. The van der Waals surface area contributed by atoms with Crippen molar-refractivity contribution in [3.05, 3.63) is 46.5 Å². The second-order valence-corrected chi connectivity index (χ2v) is 23.6. The molecule has 6 nitrogen and oxygen atoms in total. The normalized spacial score (nSPS) is 24.6. The van der Waals surface area contributed by atoms with Crippen molar-refractivity contribution in [3.63, 3.8) is 0 Å². The van der Waals surface area contributed by atoms with E-state index in [-0.39, 0.29) is 45.1 Å². The summed E-state index contributed by atoms with van der Waals surface area (Å²) >= 11 is 7.00. The van der Waals surface area contributed by atoms with Gasteiger partial charge in [0.2, 0.25) is 0 Å². The van der Waals surface area contributed by atoms with Gasteiger partial charge in [-0.3, -0.25) is 4.79 Å². The number of ether oxygens (including phenoxy) is 2. The number of benzene rings is 1. The van der Waals surface area contributed by atoms with E-state index >= 15 is 0 Å². The summed E-state index contributed by atoms with van der Waals surface area (Å²) in [6.45, 7) is 23.2. The first-order valence-corrected chi connectivity index (χ1v) is 19.9. The summed E-state index contributed by atoms with van der Waals surface area (Å²) in [6, 6.07) is 1.74. The molecular formula is C30H45ClO6Si2. The van der Waals surface area contributed by atoms with Gasteiger partial charge in [-0.15, -0.1) is 0 Å². The van der Waals surface area contributed by atoms with Crippen LogP contribution in [0.1, 0.15) is 70.8 Å². The Labute approximate surface area is 241 Å². The zero-order valence-corrected chi connectivity index (χ0v) is 28.1. The van der Waals surface area contributed by atoms with Crippen LogP contribution >= 0.6 is 11.6 Å². The highest BCUT2D eigenvalue weighted by molar-refractivity contribution is 6.75. The van der Waals surface area contributed by atoms with Crippen LogP contribution in [0.4, 0.5) is 0 Å². The Morgan fingerprint density at radius 1 is 0.923 bits per heavy atom. The Kier molecular flexibility index (Phi) is 9.08. The quantitative estimate of drug-likeness (QED) is 0.200. The van der Waals surface area contributed by atoms with Gasteiger partial charge in [0, 0.05) is 24.5 Å². The highest BCUT2D eigenvalue weighted by atomic mass is 35.5. The predicted octanol–water partition coefficient (Wildman–Crippen LogP) is 8.05. The molecule has 0 saturated carbocycles. The first-order chi connectivity index (χ1) is 17.7. The number of esters is 1. The van der Waals surface area contributed by atoms with E-state index < -0.39 is 28.7 Å². The number of allylic oxidation sites excluding steroid dienone is 3. The SMILES string of the molecule is C[C@@H]1C[C@H]2OC2/C=C\C=C\C(=O)Cc2c(Cl)c(O[Si](C)(C)C(C)(C)C)cc(O[Si](C)(C)C(C)(C)C)c2C(=O)O1. The van der Waals surface area contributed by atoms with Crippen LogP contribution in [0.5, 0.6) is 11.5 Å². The molecule has 2 aliphatic heterocycles. The molecule has 0 bridgehead atoms. The van der Waals surface area contributed by atoms with E-state index in [1.54, 1.807) is 12.1 Å². The number of carbonyl (C=O) groups excluding carboxylic acids is 2. The number of cyclic esters (lactones) is 1. The summed E-state index contributed by atoms with van der Waals surface area (Å²) in [7, 11) is -4.74. The third-order valence-corrected chi connectivity index (χ3v) is 17.5. The molecule has 0 spiro atoms. The summed E-state index contributed by atoms with van der Waals surface area (Å²) < 4.78 is 25.0. The second-order valence-electron chi connectivity index (χ2n) is 13.7. The number of hydrogen-bond donors (Lipinski definition) is 0. The highest BCUT2D eigenvalue weighted by Gasteiger charge is 2.43. The van der Waals surface area contributed by atoms with E-state index in [9.17, 15) is 9.59 Å². The summed E-state index contributed by atoms with van der Waals surface area (Å²) in [6.07, 6.45) is 6.93. The Morgan fingerprint density at radius 2 is 1.49 bits per heavy atom. The average Bonchev–Trinajstić information content (AvgIpc) is 3.49. The molecule has 0 amide bonds. The largest absolute Gasteiger partial charge is 0.543 e. The fourth-order valence-electron chi connectivity index (χ4n) is 3.76. The number of epoxide rings is 1. The summed E-state index contributed by atoms with van der Waals surface area (Å²) in [5.41, 5.74) is 0.567. The Morgan fingerprint density at radius 3 is 2.05 bits per heavy atom. The third-order valence-electron chi connectivity index (χ3n) is 8.38. The summed E-state index contributed by atoms with van der Waals surface area (Å²) in [5, 5.41) is 0.0183. The number of ketones is 1. The van der Waals surface area contributed by atoms with Gasteiger partial charge < -0.3 is 18.3 Å². The minimum absolute atomic E-state index is 0.0255. The van der Waals surface area contributed by atoms with E-state index in [0.29, 0.717) is 23.5 Å². The third kappa shape index (κ3) is 7.45. The van der Waals surface area contributed by atoms with Crippen molar-refractivity contribution in [1.82, 2.24) is 0 Å². The van der Waals surface area contributed by atoms with Crippen molar-refractivity contribution in [2.24, 2.45) is 0 Å². The lowest BCUT2D eigenvalue weighted by atomic mass is 10.00. The van der Waals surface area contributed by atoms with Gasteiger partial charge in [0.1, 0.15) is 29.3 Å². The van der Waals surface area contributed by atoms with Gasteiger partial charge in [-0.1, -0.05) is 71.4 Å². The van der Waals surface area contributed by atoms with E-state index in [1.165, 1.54) is 6.08 Å². The maximum absolute atomic E-state index is 13.8. The van der Waals surface area contributed by atoms with Crippen LogP contribution < -0.4 is 8.85 Å². The van der Waals surface area contributed by atoms with Crippen molar-refractivity contribution in [2.45, 2.75) is 116 Å². The molecule has 9 heteroatoms. The smallest absolute Gasteiger partial charge is 0.342 e. The zero-order valence-electron chi connectivity index (χ0n) is 25.4. The number of rotatable bonds is 4. The van der Waals surface area contributed by atoms with Crippen molar-refractivity contribution in [2.75, 3.05) is 0 Å². The van der Waals surface area contributed by atoms with E-state index in [4.69, 9.17) is 29.9 Å². The molecule has 1 fully saturated rings. The van der Waals surface area contributed by atoms with Crippen molar-refractivity contribution < 1.29 is 27.9 Å². The molecule has 216 valence electrons. The molecule has 1 aromatic rings. The van der Waals surface area contributed by atoms with Gasteiger partial charge in [-0.25, -0.2) is 4.79 Å². The number of carbonyl (C=O) groups is 2. The van der Waals surface area contributed by atoms with Gasteiger partial charge >= 0.3 is 5.97 Å². The van der Waals surface area contributed by atoms with Crippen molar-refractivity contribution in [3.8, 4) is 11.5 Å². The van der Waals surface area contributed by atoms with Crippen LogP contribution in [-0.4, -0.2) is 46.7 Å². The molecular weight excluding hydrogens is 548 g/mol. The highest BCUT2D eigenvalue weighted by Crippen LogP contribution is 2.46. The standard InChI is InChI=1S/C30H45ClO6Si2/c1-19-16-23-22(35-23)15-13-12-14-20(32)17-21-26(28(33)34-19)24(36-38(8,9)29(2,3)4)18-25(27(21)31)37-39(10,11)30(5,6)7/h12-15,18-19,22-23H,16-17H2,1-11H3/b14-12+,15-13-/t19-,22?,23-/m1/s1.